The third kappa shape index (κ3) is 3.11. The molecule has 1 aliphatic heterocycles. The van der Waals surface area contributed by atoms with E-state index in [4.69, 9.17) is 4.74 Å². The van der Waals surface area contributed by atoms with Gasteiger partial charge < -0.3 is 9.84 Å². The summed E-state index contributed by atoms with van der Waals surface area (Å²) in [5.41, 5.74) is 3.68. The molecule has 1 aliphatic rings. The topological polar surface area (TPSA) is 29.5 Å². The zero-order valence-electron chi connectivity index (χ0n) is 12.6. The normalized spacial score (nSPS) is 18.4. The van der Waals surface area contributed by atoms with E-state index in [-0.39, 0.29) is 6.10 Å². The molecule has 0 radical (unpaired) electrons. The first-order valence-corrected chi connectivity index (χ1v) is 7.65. The zero-order valence-corrected chi connectivity index (χ0v) is 12.6. The lowest BCUT2D eigenvalue weighted by Crippen LogP contribution is -2.31. The largest absolute Gasteiger partial charge is 0.487 e. The molecule has 0 saturated heterocycles. The van der Waals surface area contributed by atoms with Crippen LogP contribution >= 0.6 is 0 Å². The minimum absolute atomic E-state index is 0.132. The molecule has 0 aromatic heterocycles. The highest BCUT2D eigenvalue weighted by Crippen LogP contribution is 2.30. The second kappa shape index (κ2) is 5.90. The minimum atomic E-state index is -0.470. The van der Waals surface area contributed by atoms with Crippen molar-refractivity contribution >= 4 is 0 Å². The summed E-state index contributed by atoms with van der Waals surface area (Å²) < 4.78 is 5.85. The third-order valence-electron chi connectivity index (χ3n) is 4.19. The molecular formula is C19H22O2. The van der Waals surface area contributed by atoms with Crippen LogP contribution in [0, 0.1) is 0 Å². The van der Waals surface area contributed by atoms with Crippen molar-refractivity contribution in [1.82, 2.24) is 0 Å². The van der Waals surface area contributed by atoms with Crippen molar-refractivity contribution in [1.29, 1.82) is 0 Å². The maximum atomic E-state index is 10.4. The number of fused-ring (bicyclic) bond motifs is 1. The van der Waals surface area contributed by atoms with Crippen LogP contribution < -0.4 is 4.74 Å². The van der Waals surface area contributed by atoms with Crippen LogP contribution in [-0.2, 0) is 12.8 Å². The van der Waals surface area contributed by atoms with Gasteiger partial charge in [0.15, 0.2) is 0 Å². The second-order valence-corrected chi connectivity index (χ2v) is 6.14. The predicted octanol–water partition coefficient (Wildman–Crippen LogP) is 3.72. The molecule has 2 aromatic rings. The van der Waals surface area contributed by atoms with E-state index in [9.17, 15) is 5.11 Å². The first-order valence-electron chi connectivity index (χ1n) is 7.65. The molecular weight excluding hydrogens is 260 g/mol. The molecule has 0 aliphatic carbocycles. The second-order valence-electron chi connectivity index (χ2n) is 6.14. The van der Waals surface area contributed by atoms with E-state index in [1.807, 2.05) is 18.2 Å². The summed E-state index contributed by atoms with van der Waals surface area (Å²) in [7, 11) is 0. The van der Waals surface area contributed by atoms with Gasteiger partial charge >= 0.3 is 0 Å². The average Bonchev–Trinajstić information content (AvgIpc) is 2.92. The quantitative estimate of drug-likeness (QED) is 0.926. The summed E-state index contributed by atoms with van der Waals surface area (Å²) in [6.07, 6.45) is 0.827. The summed E-state index contributed by atoms with van der Waals surface area (Å²) in [4.78, 5) is 0. The van der Waals surface area contributed by atoms with Crippen molar-refractivity contribution in [3.63, 3.8) is 0 Å². The molecule has 1 N–H and O–H groups in total. The van der Waals surface area contributed by atoms with E-state index in [1.54, 1.807) is 0 Å². The SMILES string of the molecule is CC(C)c1ccc(CC(O)C2Cc3ccccc3O2)cc1. The van der Waals surface area contributed by atoms with Crippen molar-refractivity contribution in [2.45, 2.75) is 44.8 Å². The lowest BCUT2D eigenvalue weighted by atomic mass is 9.97. The van der Waals surface area contributed by atoms with Crippen molar-refractivity contribution in [3.8, 4) is 5.75 Å². The van der Waals surface area contributed by atoms with Gasteiger partial charge in [0.2, 0.25) is 0 Å². The van der Waals surface area contributed by atoms with Gasteiger partial charge in [0.05, 0.1) is 6.10 Å². The Bertz CT molecular complexity index is 576. The van der Waals surface area contributed by atoms with Gasteiger partial charge in [0.1, 0.15) is 11.9 Å². The number of ether oxygens (including phenoxy) is 1. The fourth-order valence-corrected chi connectivity index (χ4v) is 2.84. The summed E-state index contributed by atoms with van der Waals surface area (Å²) in [5, 5.41) is 10.4. The van der Waals surface area contributed by atoms with Gasteiger partial charge in [-0.25, -0.2) is 0 Å². The van der Waals surface area contributed by atoms with Gasteiger partial charge in [-0.2, -0.15) is 0 Å². The highest BCUT2D eigenvalue weighted by molar-refractivity contribution is 5.37. The third-order valence-corrected chi connectivity index (χ3v) is 4.19. The van der Waals surface area contributed by atoms with Crippen LogP contribution in [-0.4, -0.2) is 17.3 Å². The van der Waals surface area contributed by atoms with Gasteiger partial charge in [-0.05, 0) is 28.7 Å². The Morgan fingerprint density at radius 3 is 2.48 bits per heavy atom. The molecule has 21 heavy (non-hydrogen) atoms. The molecule has 0 spiro atoms. The van der Waals surface area contributed by atoms with Crippen molar-refractivity contribution in [2.75, 3.05) is 0 Å². The maximum absolute atomic E-state index is 10.4. The monoisotopic (exact) mass is 282 g/mol. The van der Waals surface area contributed by atoms with Crippen LogP contribution in [0.15, 0.2) is 48.5 Å². The summed E-state index contributed by atoms with van der Waals surface area (Å²) in [5.74, 6) is 1.45. The Morgan fingerprint density at radius 1 is 1.10 bits per heavy atom. The Labute approximate surface area is 126 Å². The van der Waals surface area contributed by atoms with Crippen LogP contribution in [0.5, 0.6) is 5.75 Å². The van der Waals surface area contributed by atoms with Crippen molar-refractivity contribution < 1.29 is 9.84 Å². The molecule has 2 unspecified atom stereocenters. The molecule has 2 nitrogen and oxygen atoms in total. The van der Waals surface area contributed by atoms with E-state index >= 15 is 0 Å². The smallest absolute Gasteiger partial charge is 0.129 e. The lowest BCUT2D eigenvalue weighted by Gasteiger charge is -2.18. The molecule has 0 bridgehead atoms. The number of benzene rings is 2. The fraction of sp³-hybridized carbons (Fsp3) is 0.368. The van der Waals surface area contributed by atoms with E-state index in [0.29, 0.717) is 12.3 Å². The van der Waals surface area contributed by atoms with Gasteiger partial charge in [-0.1, -0.05) is 56.3 Å². The first kappa shape index (κ1) is 14.2. The molecule has 0 fully saturated rings. The zero-order chi connectivity index (χ0) is 14.8. The number of rotatable bonds is 4. The van der Waals surface area contributed by atoms with Crippen molar-refractivity contribution in [3.05, 3.63) is 65.2 Å². The number of aliphatic hydroxyl groups is 1. The van der Waals surface area contributed by atoms with Gasteiger partial charge in [0, 0.05) is 12.8 Å². The molecule has 0 saturated carbocycles. The van der Waals surface area contributed by atoms with Gasteiger partial charge in [-0.15, -0.1) is 0 Å². The Balaban J connectivity index is 1.63. The Hall–Kier alpha value is -1.80. The van der Waals surface area contributed by atoms with E-state index in [0.717, 1.165) is 17.7 Å². The maximum Gasteiger partial charge on any atom is 0.129 e. The van der Waals surface area contributed by atoms with Crippen LogP contribution in [0.2, 0.25) is 0 Å². The highest BCUT2D eigenvalue weighted by atomic mass is 16.5. The van der Waals surface area contributed by atoms with E-state index in [1.165, 1.54) is 11.1 Å². The minimum Gasteiger partial charge on any atom is -0.487 e. The number of aliphatic hydroxyl groups excluding tert-OH is 1. The number of para-hydroxylation sites is 1. The Morgan fingerprint density at radius 2 is 1.81 bits per heavy atom. The van der Waals surface area contributed by atoms with E-state index in [2.05, 4.69) is 44.2 Å². The van der Waals surface area contributed by atoms with Crippen LogP contribution in [0.1, 0.15) is 36.5 Å². The van der Waals surface area contributed by atoms with Gasteiger partial charge in [0.25, 0.3) is 0 Å². The molecule has 1 heterocycles. The van der Waals surface area contributed by atoms with Gasteiger partial charge in [-0.3, -0.25) is 0 Å². The summed E-state index contributed by atoms with van der Waals surface area (Å²) >= 11 is 0. The lowest BCUT2D eigenvalue weighted by molar-refractivity contribution is 0.0503. The Kier molecular flexibility index (Phi) is 3.98. The molecule has 2 atom stereocenters. The van der Waals surface area contributed by atoms with E-state index < -0.39 is 6.10 Å². The fourth-order valence-electron chi connectivity index (χ4n) is 2.84. The highest BCUT2D eigenvalue weighted by Gasteiger charge is 2.28. The van der Waals surface area contributed by atoms with Crippen LogP contribution in [0.4, 0.5) is 0 Å². The molecule has 0 amide bonds. The summed E-state index contributed by atoms with van der Waals surface area (Å²) in [6, 6.07) is 16.5. The number of hydrogen-bond donors (Lipinski definition) is 1. The average molecular weight is 282 g/mol. The standard InChI is InChI=1S/C19H22O2/c1-13(2)15-9-7-14(8-10-15)11-17(20)19-12-16-5-3-4-6-18(16)21-19/h3-10,13,17,19-20H,11-12H2,1-2H3. The molecule has 2 aromatic carbocycles. The molecule has 3 rings (SSSR count). The predicted molar refractivity (Wildman–Crippen MR) is 84.8 cm³/mol. The number of hydrogen-bond acceptors (Lipinski definition) is 2. The molecule has 2 heteroatoms. The van der Waals surface area contributed by atoms with Crippen molar-refractivity contribution in [2.24, 2.45) is 0 Å². The van der Waals surface area contributed by atoms with Crippen LogP contribution in [0.25, 0.3) is 0 Å². The van der Waals surface area contributed by atoms with Crippen LogP contribution in [0.3, 0.4) is 0 Å². The molecule has 110 valence electrons. The first-order chi connectivity index (χ1) is 10.1. The summed E-state index contributed by atoms with van der Waals surface area (Å²) in [6.45, 7) is 4.38.